The molecule has 0 aliphatic heterocycles. The number of H-pyrrole nitrogens is 1. The number of nitrogens with one attached hydrogen (secondary N) is 1. The van der Waals surface area contributed by atoms with E-state index in [1.165, 1.54) is 6.07 Å². The fourth-order valence-corrected chi connectivity index (χ4v) is 1.90. The highest BCUT2D eigenvalue weighted by Crippen LogP contribution is 2.16. The quantitative estimate of drug-likeness (QED) is 0.823. The number of benzene rings is 1. The Bertz CT molecular complexity index is 620. The molecule has 0 radical (unpaired) electrons. The molecule has 7 heteroatoms. The molecule has 1 amide bonds. The van der Waals surface area contributed by atoms with Crippen LogP contribution in [0.1, 0.15) is 0 Å². The topological polar surface area (TPSA) is 73.0 Å². The maximum atomic E-state index is 13.4. The number of amides is 1. The van der Waals surface area contributed by atoms with Crippen LogP contribution in [0.2, 0.25) is 0 Å². The van der Waals surface area contributed by atoms with Crippen LogP contribution in [0, 0.1) is 10.6 Å². The van der Waals surface area contributed by atoms with Crippen molar-refractivity contribution in [2.24, 2.45) is 5.73 Å². The molecule has 1 aromatic carbocycles. The number of carbonyl (C=O) groups excluding carboxylic acids is 1. The number of fused-ring (bicyclic) bond motifs is 1. The number of nitrogens with two attached hydrogens (primary N) is 1. The zero-order chi connectivity index (χ0) is 12.4. The van der Waals surface area contributed by atoms with Crippen molar-refractivity contribution in [2.45, 2.75) is 6.54 Å². The van der Waals surface area contributed by atoms with E-state index in [1.807, 2.05) is 0 Å². The van der Waals surface area contributed by atoms with E-state index in [2.05, 4.69) is 9.72 Å². The second kappa shape index (κ2) is 4.54. The van der Waals surface area contributed by atoms with Gasteiger partial charge in [-0.05, 0) is 24.4 Å². The lowest BCUT2D eigenvalue weighted by atomic mass is 10.3. The molecule has 1 aromatic heterocycles. The molecule has 2 aromatic rings. The minimum Gasteiger partial charge on any atom is -0.448 e. The monoisotopic (exact) mass is 255 g/mol. The van der Waals surface area contributed by atoms with Crippen molar-refractivity contribution in [2.75, 3.05) is 6.61 Å². The standard InChI is InChI=1S/C10H10FN3O2S/c11-6-2-1-3-7-8(6)13-10(17)14(7)4-5-16-9(12)15/h1-3H,4-5H2,(H2,12,15)(H,13,17). The van der Waals surface area contributed by atoms with E-state index in [0.29, 0.717) is 22.3 Å². The summed E-state index contributed by atoms with van der Waals surface area (Å²) >= 11 is 5.06. The van der Waals surface area contributed by atoms with Gasteiger partial charge >= 0.3 is 6.09 Å². The van der Waals surface area contributed by atoms with Crippen LogP contribution < -0.4 is 5.73 Å². The fourth-order valence-electron chi connectivity index (χ4n) is 1.60. The van der Waals surface area contributed by atoms with Gasteiger partial charge in [-0.25, -0.2) is 9.18 Å². The van der Waals surface area contributed by atoms with E-state index < -0.39 is 6.09 Å². The molecule has 3 N–H and O–H groups in total. The molecule has 0 unspecified atom stereocenters. The van der Waals surface area contributed by atoms with Gasteiger partial charge in [0.05, 0.1) is 12.1 Å². The van der Waals surface area contributed by atoms with E-state index >= 15 is 0 Å². The first-order valence-electron chi connectivity index (χ1n) is 4.89. The van der Waals surface area contributed by atoms with Crippen LogP contribution >= 0.6 is 12.2 Å². The van der Waals surface area contributed by atoms with Crippen LogP contribution in [0.15, 0.2) is 18.2 Å². The molecule has 17 heavy (non-hydrogen) atoms. The summed E-state index contributed by atoms with van der Waals surface area (Å²) in [6.45, 7) is 0.415. The van der Waals surface area contributed by atoms with Crippen LogP contribution in [-0.2, 0) is 11.3 Å². The van der Waals surface area contributed by atoms with Crippen LogP contribution in [0.5, 0.6) is 0 Å². The third-order valence-electron chi connectivity index (χ3n) is 2.32. The number of nitrogens with zero attached hydrogens (tertiary/aromatic N) is 1. The Kier molecular flexibility index (Phi) is 3.10. The summed E-state index contributed by atoms with van der Waals surface area (Å²) in [5.41, 5.74) is 5.81. The van der Waals surface area contributed by atoms with Crippen LogP contribution in [-0.4, -0.2) is 22.3 Å². The zero-order valence-electron chi connectivity index (χ0n) is 8.77. The molecule has 5 nitrogen and oxygen atoms in total. The number of hydrogen-bond donors (Lipinski definition) is 2. The average molecular weight is 255 g/mol. The lowest BCUT2D eigenvalue weighted by Gasteiger charge is -2.04. The van der Waals surface area contributed by atoms with Crippen molar-refractivity contribution in [3.05, 3.63) is 28.8 Å². The smallest absolute Gasteiger partial charge is 0.404 e. The number of ether oxygens (including phenoxy) is 1. The molecule has 0 atom stereocenters. The molecule has 0 saturated heterocycles. The van der Waals surface area contributed by atoms with Gasteiger partial charge in [-0.3, -0.25) is 0 Å². The summed E-state index contributed by atoms with van der Waals surface area (Å²) in [6, 6.07) is 4.67. The van der Waals surface area contributed by atoms with Crippen molar-refractivity contribution in [1.82, 2.24) is 9.55 Å². The molecule has 90 valence electrons. The lowest BCUT2D eigenvalue weighted by Crippen LogP contribution is -2.16. The van der Waals surface area contributed by atoms with Gasteiger partial charge in [0, 0.05) is 0 Å². The molecular weight excluding hydrogens is 245 g/mol. The second-order valence-corrected chi connectivity index (χ2v) is 3.77. The van der Waals surface area contributed by atoms with Crippen molar-refractivity contribution >= 4 is 29.3 Å². The Labute approximate surface area is 101 Å². The van der Waals surface area contributed by atoms with Gasteiger partial charge < -0.3 is 20.0 Å². The molecule has 1 heterocycles. The van der Waals surface area contributed by atoms with Gasteiger partial charge in [-0.1, -0.05) is 6.07 Å². The van der Waals surface area contributed by atoms with Crippen LogP contribution in [0.25, 0.3) is 11.0 Å². The summed E-state index contributed by atoms with van der Waals surface area (Å²) in [5, 5.41) is 0. The second-order valence-electron chi connectivity index (χ2n) is 3.38. The number of halogens is 1. The fraction of sp³-hybridized carbons (Fsp3) is 0.200. The molecule has 0 bridgehead atoms. The van der Waals surface area contributed by atoms with Gasteiger partial charge in [-0.2, -0.15) is 0 Å². The average Bonchev–Trinajstić information content (AvgIpc) is 2.57. The first-order valence-corrected chi connectivity index (χ1v) is 5.29. The highest BCUT2D eigenvalue weighted by Gasteiger charge is 2.08. The van der Waals surface area contributed by atoms with E-state index in [4.69, 9.17) is 18.0 Å². The van der Waals surface area contributed by atoms with Gasteiger partial charge in [0.25, 0.3) is 0 Å². The maximum Gasteiger partial charge on any atom is 0.404 e. The Morgan fingerprint density at radius 3 is 3.06 bits per heavy atom. The zero-order valence-corrected chi connectivity index (χ0v) is 9.59. The molecule has 0 spiro atoms. The highest BCUT2D eigenvalue weighted by molar-refractivity contribution is 7.71. The molecule has 0 aliphatic carbocycles. The summed E-state index contributed by atoms with van der Waals surface area (Å²) in [4.78, 5) is 13.2. The summed E-state index contributed by atoms with van der Waals surface area (Å²) in [6.07, 6.45) is -0.845. The Morgan fingerprint density at radius 2 is 2.35 bits per heavy atom. The summed E-state index contributed by atoms with van der Waals surface area (Å²) in [5.74, 6) is -0.372. The first-order chi connectivity index (χ1) is 8.09. The largest absolute Gasteiger partial charge is 0.448 e. The van der Waals surface area contributed by atoms with Gasteiger partial charge in [0.1, 0.15) is 17.9 Å². The van der Waals surface area contributed by atoms with E-state index in [1.54, 1.807) is 16.7 Å². The van der Waals surface area contributed by atoms with Crippen LogP contribution in [0.4, 0.5) is 9.18 Å². The third kappa shape index (κ3) is 2.28. The number of carbonyl (C=O) groups is 1. The summed E-state index contributed by atoms with van der Waals surface area (Å²) < 4.78 is 20.1. The first kappa shape index (κ1) is 11.6. The lowest BCUT2D eigenvalue weighted by molar-refractivity contribution is 0.152. The van der Waals surface area contributed by atoms with Crippen molar-refractivity contribution in [3.63, 3.8) is 0 Å². The molecule has 0 aliphatic rings. The maximum absolute atomic E-state index is 13.4. The predicted molar refractivity (Wildman–Crippen MR) is 62.6 cm³/mol. The number of aromatic nitrogens is 2. The normalized spacial score (nSPS) is 10.6. The Morgan fingerprint density at radius 1 is 1.59 bits per heavy atom. The van der Waals surface area contributed by atoms with Gasteiger partial charge in [-0.15, -0.1) is 0 Å². The number of hydrogen-bond acceptors (Lipinski definition) is 3. The van der Waals surface area contributed by atoms with Gasteiger partial charge in [0.15, 0.2) is 4.77 Å². The van der Waals surface area contributed by atoms with Crippen molar-refractivity contribution in [3.8, 4) is 0 Å². The number of para-hydroxylation sites is 1. The molecule has 0 fully saturated rings. The Balaban J connectivity index is 2.34. The summed E-state index contributed by atoms with van der Waals surface area (Å²) in [7, 11) is 0. The predicted octanol–water partition coefficient (Wildman–Crippen LogP) is 1.93. The highest BCUT2D eigenvalue weighted by atomic mass is 32.1. The van der Waals surface area contributed by atoms with Crippen LogP contribution in [0.3, 0.4) is 0 Å². The number of imidazole rings is 1. The minimum atomic E-state index is -0.845. The number of primary amides is 1. The van der Waals surface area contributed by atoms with E-state index in [9.17, 15) is 9.18 Å². The van der Waals surface area contributed by atoms with E-state index in [-0.39, 0.29) is 12.4 Å². The van der Waals surface area contributed by atoms with Crippen molar-refractivity contribution in [1.29, 1.82) is 0 Å². The molecule has 2 rings (SSSR count). The van der Waals surface area contributed by atoms with E-state index in [0.717, 1.165) is 0 Å². The van der Waals surface area contributed by atoms with Gasteiger partial charge in [0.2, 0.25) is 0 Å². The minimum absolute atomic E-state index is 0.0904. The van der Waals surface area contributed by atoms with Crippen molar-refractivity contribution < 1.29 is 13.9 Å². The number of aromatic amines is 1. The number of rotatable bonds is 3. The molecular formula is C10H10FN3O2S. The third-order valence-corrected chi connectivity index (χ3v) is 2.64. The Hall–Kier alpha value is -1.89. The SMILES string of the molecule is NC(=O)OCCn1c(=S)[nH]c2c(F)cccc21. The molecule has 0 saturated carbocycles.